The zero-order valence-corrected chi connectivity index (χ0v) is 11.4. The topological polar surface area (TPSA) is 111 Å². The molecule has 0 amide bonds. The fourth-order valence-electron chi connectivity index (χ4n) is 1.53. The molecule has 0 saturated heterocycles. The molecule has 0 aliphatic rings. The number of hydrogen-bond donors (Lipinski definition) is 1. The highest BCUT2D eigenvalue weighted by atomic mass is 32.2. The Morgan fingerprint density at radius 1 is 1.55 bits per heavy atom. The third-order valence-electron chi connectivity index (χ3n) is 2.62. The number of nitro groups is 1. The van der Waals surface area contributed by atoms with Crippen molar-refractivity contribution < 1.29 is 14.8 Å². The Morgan fingerprint density at radius 3 is 2.85 bits per heavy atom. The Morgan fingerprint density at radius 2 is 2.25 bits per heavy atom. The van der Waals surface area contributed by atoms with Gasteiger partial charge in [-0.05, 0) is 33.8 Å². The van der Waals surface area contributed by atoms with E-state index in [2.05, 4.69) is 9.97 Å². The van der Waals surface area contributed by atoms with E-state index < -0.39 is 10.9 Å². The highest BCUT2D eigenvalue weighted by Crippen LogP contribution is 2.35. The molecule has 0 aromatic carbocycles. The number of carboxylic acids is 1. The molecule has 2 aromatic rings. The van der Waals surface area contributed by atoms with Crippen molar-refractivity contribution in [1.29, 1.82) is 0 Å². The van der Waals surface area contributed by atoms with Gasteiger partial charge in [-0.15, -0.1) is 0 Å². The van der Waals surface area contributed by atoms with E-state index >= 15 is 0 Å². The highest BCUT2D eigenvalue weighted by Gasteiger charge is 2.26. The molecule has 0 bridgehead atoms. The summed E-state index contributed by atoms with van der Waals surface area (Å²) in [6.07, 6.45) is 1.43. The molecule has 0 saturated carbocycles. The van der Waals surface area contributed by atoms with Crippen LogP contribution >= 0.6 is 11.8 Å². The van der Waals surface area contributed by atoms with E-state index in [9.17, 15) is 14.9 Å². The summed E-state index contributed by atoms with van der Waals surface area (Å²) in [6, 6.07) is 2.89. The lowest BCUT2D eigenvalue weighted by Crippen LogP contribution is -2.02. The van der Waals surface area contributed by atoms with Gasteiger partial charge in [-0.2, -0.15) is 0 Å². The largest absolute Gasteiger partial charge is 0.478 e. The predicted octanol–water partition coefficient (Wildman–Crippen LogP) is 1.88. The molecule has 2 rings (SSSR count). The average Bonchev–Trinajstić information content (AvgIpc) is 2.67. The Hall–Kier alpha value is -2.42. The van der Waals surface area contributed by atoms with Crippen LogP contribution in [0.1, 0.15) is 16.2 Å². The van der Waals surface area contributed by atoms with Crippen molar-refractivity contribution >= 4 is 23.5 Å². The van der Waals surface area contributed by atoms with E-state index in [1.807, 2.05) is 0 Å². The monoisotopic (exact) mass is 294 g/mol. The second-order valence-electron chi connectivity index (χ2n) is 3.87. The van der Waals surface area contributed by atoms with Crippen molar-refractivity contribution in [3.63, 3.8) is 0 Å². The van der Waals surface area contributed by atoms with Crippen molar-refractivity contribution in [2.45, 2.75) is 17.0 Å². The SMILES string of the molecule is Cc1nc([N+](=O)[O-])c(Sc2ncccc2C(=O)O)n1C. The molecule has 0 radical (unpaired) electrons. The Kier molecular flexibility index (Phi) is 3.70. The number of aromatic carboxylic acids is 1. The van der Waals surface area contributed by atoms with E-state index in [0.717, 1.165) is 11.8 Å². The lowest BCUT2D eigenvalue weighted by Gasteiger charge is -2.04. The summed E-state index contributed by atoms with van der Waals surface area (Å²) < 4.78 is 1.53. The summed E-state index contributed by atoms with van der Waals surface area (Å²) in [5.74, 6) is -0.980. The van der Waals surface area contributed by atoms with Gasteiger partial charge in [0.15, 0.2) is 5.03 Å². The molecule has 0 aliphatic heterocycles. The van der Waals surface area contributed by atoms with Crippen LogP contribution in [0.4, 0.5) is 5.82 Å². The summed E-state index contributed by atoms with van der Waals surface area (Å²) in [6.45, 7) is 1.63. The van der Waals surface area contributed by atoms with Crippen molar-refractivity contribution in [3.05, 3.63) is 39.8 Å². The lowest BCUT2D eigenvalue weighted by atomic mass is 10.3. The molecule has 2 aromatic heterocycles. The van der Waals surface area contributed by atoms with Crippen LogP contribution in [0.3, 0.4) is 0 Å². The summed E-state index contributed by atoms with van der Waals surface area (Å²) in [4.78, 5) is 29.3. The molecule has 0 aliphatic carbocycles. The van der Waals surface area contributed by atoms with E-state index in [-0.39, 0.29) is 21.4 Å². The van der Waals surface area contributed by atoms with Crippen molar-refractivity contribution in [2.75, 3.05) is 0 Å². The first-order valence-corrected chi connectivity index (χ1v) is 6.27. The molecule has 20 heavy (non-hydrogen) atoms. The zero-order chi connectivity index (χ0) is 14.9. The van der Waals surface area contributed by atoms with Crippen LogP contribution in [0.25, 0.3) is 0 Å². The second kappa shape index (κ2) is 5.29. The van der Waals surface area contributed by atoms with Gasteiger partial charge < -0.3 is 15.2 Å². The molecule has 104 valence electrons. The number of rotatable bonds is 4. The van der Waals surface area contributed by atoms with Crippen LogP contribution in [0, 0.1) is 17.0 Å². The van der Waals surface area contributed by atoms with Gasteiger partial charge in [-0.3, -0.25) is 4.57 Å². The first kappa shape index (κ1) is 14.0. The summed E-state index contributed by atoms with van der Waals surface area (Å²) >= 11 is 0.912. The van der Waals surface area contributed by atoms with Gasteiger partial charge in [-0.1, -0.05) is 0 Å². The molecule has 9 heteroatoms. The predicted molar refractivity (Wildman–Crippen MR) is 69.9 cm³/mol. The van der Waals surface area contributed by atoms with Crippen molar-refractivity contribution in [2.24, 2.45) is 7.05 Å². The van der Waals surface area contributed by atoms with Gasteiger partial charge in [0.25, 0.3) is 0 Å². The second-order valence-corrected chi connectivity index (χ2v) is 4.84. The third-order valence-corrected chi connectivity index (χ3v) is 3.79. The number of aromatic nitrogens is 3. The van der Waals surface area contributed by atoms with E-state index in [1.54, 1.807) is 14.0 Å². The maximum absolute atomic E-state index is 11.1. The number of carbonyl (C=O) groups is 1. The molecular formula is C11H10N4O4S. The molecular weight excluding hydrogens is 284 g/mol. The summed E-state index contributed by atoms with van der Waals surface area (Å²) in [7, 11) is 1.63. The normalized spacial score (nSPS) is 10.5. The number of imidazole rings is 1. The quantitative estimate of drug-likeness (QED) is 0.676. The van der Waals surface area contributed by atoms with Crippen LogP contribution in [-0.2, 0) is 7.05 Å². The van der Waals surface area contributed by atoms with Crippen LogP contribution in [0.5, 0.6) is 0 Å². The fraction of sp³-hybridized carbons (Fsp3) is 0.182. The van der Waals surface area contributed by atoms with Crippen LogP contribution in [-0.4, -0.2) is 30.5 Å². The Labute approximate surface area is 117 Å². The number of carboxylic acid groups (broad SMARTS) is 1. The minimum Gasteiger partial charge on any atom is -0.478 e. The Balaban J connectivity index is 2.50. The van der Waals surface area contributed by atoms with Gasteiger partial charge in [0.1, 0.15) is 5.03 Å². The van der Waals surface area contributed by atoms with Crippen LogP contribution < -0.4 is 0 Å². The molecule has 0 atom stereocenters. The van der Waals surface area contributed by atoms with E-state index in [4.69, 9.17) is 5.11 Å². The molecule has 8 nitrogen and oxygen atoms in total. The van der Waals surface area contributed by atoms with Crippen LogP contribution in [0.15, 0.2) is 28.4 Å². The Bertz CT molecular complexity index is 698. The summed E-state index contributed by atoms with van der Waals surface area (Å²) in [5, 5.41) is 20.5. The van der Waals surface area contributed by atoms with Gasteiger partial charge in [0, 0.05) is 20.2 Å². The average molecular weight is 294 g/mol. The number of nitrogens with zero attached hydrogens (tertiary/aromatic N) is 4. The minimum absolute atomic E-state index is 0.00866. The van der Waals surface area contributed by atoms with Gasteiger partial charge in [0.2, 0.25) is 5.82 Å². The highest BCUT2D eigenvalue weighted by molar-refractivity contribution is 7.99. The standard InChI is InChI=1S/C11H10N4O4S/c1-6-13-8(15(18)19)10(14(6)2)20-9-7(11(16)17)4-3-5-12-9/h3-5H,1-2H3,(H,16,17). The first-order chi connectivity index (χ1) is 9.41. The zero-order valence-electron chi connectivity index (χ0n) is 10.6. The summed E-state index contributed by atoms with van der Waals surface area (Å²) in [5.41, 5.74) is -0.00866. The van der Waals surface area contributed by atoms with Gasteiger partial charge in [0.05, 0.1) is 5.56 Å². The minimum atomic E-state index is -1.14. The molecule has 1 N–H and O–H groups in total. The van der Waals surface area contributed by atoms with Crippen LogP contribution in [0.2, 0.25) is 0 Å². The maximum atomic E-state index is 11.1. The van der Waals surface area contributed by atoms with Gasteiger partial charge in [-0.25, -0.2) is 9.78 Å². The third kappa shape index (κ3) is 2.48. The lowest BCUT2D eigenvalue weighted by molar-refractivity contribution is -0.392. The van der Waals surface area contributed by atoms with Gasteiger partial charge >= 0.3 is 11.8 Å². The number of hydrogen-bond acceptors (Lipinski definition) is 6. The van der Waals surface area contributed by atoms with E-state index in [0.29, 0.717) is 5.82 Å². The molecule has 0 unspecified atom stereocenters. The number of aryl methyl sites for hydroxylation is 1. The maximum Gasteiger partial charge on any atom is 0.396 e. The smallest absolute Gasteiger partial charge is 0.396 e. The molecule has 0 spiro atoms. The van der Waals surface area contributed by atoms with Crippen molar-refractivity contribution in [3.8, 4) is 0 Å². The first-order valence-electron chi connectivity index (χ1n) is 5.45. The molecule has 2 heterocycles. The van der Waals surface area contributed by atoms with Crippen molar-refractivity contribution in [1.82, 2.24) is 14.5 Å². The number of pyridine rings is 1. The molecule has 0 fully saturated rings. The fourth-order valence-corrected chi connectivity index (χ4v) is 2.58. The van der Waals surface area contributed by atoms with E-state index in [1.165, 1.54) is 22.9 Å².